The summed E-state index contributed by atoms with van der Waals surface area (Å²) in [4.78, 5) is 46.5. The van der Waals surface area contributed by atoms with Crippen LogP contribution < -0.4 is 10.2 Å². The van der Waals surface area contributed by atoms with Crippen LogP contribution in [0.2, 0.25) is 0 Å². The molecule has 3 aliphatic heterocycles. The molecule has 1 spiro atoms. The lowest BCUT2D eigenvalue weighted by Crippen LogP contribution is -2.51. The molecule has 1 aromatic heterocycles. The summed E-state index contributed by atoms with van der Waals surface area (Å²) in [5.41, 5.74) is 4.76. The highest BCUT2D eigenvalue weighted by molar-refractivity contribution is 7.12. The molecule has 0 bridgehead atoms. The van der Waals surface area contributed by atoms with Crippen LogP contribution in [0.1, 0.15) is 57.0 Å². The van der Waals surface area contributed by atoms with Crippen molar-refractivity contribution in [3.05, 3.63) is 124 Å². The number of nitrogens with one attached hydrogen (secondary N) is 1. The summed E-state index contributed by atoms with van der Waals surface area (Å²) in [7, 11) is 0. The minimum absolute atomic E-state index is 0.136. The van der Waals surface area contributed by atoms with Gasteiger partial charge in [0.25, 0.3) is 0 Å². The van der Waals surface area contributed by atoms with Crippen molar-refractivity contribution < 1.29 is 14.4 Å². The van der Waals surface area contributed by atoms with Gasteiger partial charge in [0, 0.05) is 22.5 Å². The topological polar surface area (TPSA) is 66.5 Å². The standard InChI is InChI=1S/C35H30N2O3S/c1-3-9-22-15-17-23(18-16-22)32(38)30-31(33(39)28-14-8-19-41-28)37-27-13-7-4-10-24(27)21(2)20-29(37)35(30)25-11-5-6-12-26(25)36-34(35)40/h4-8,10-20,29-31H,3,9H2,1-2H3,(H,36,40)/t29-,30-,31+,35+/m0/s1. The fraction of sp³-hybridized carbons (Fsp3) is 0.229. The number of hydrogen-bond donors (Lipinski definition) is 1. The Morgan fingerprint density at radius 1 is 0.927 bits per heavy atom. The van der Waals surface area contributed by atoms with E-state index in [9.17, 15) is 14.4 Å². The molecule has 0 saturated carbocycles. The average molecular weight is 559 g/mol. The third-order valence-electron chi connectivity index (χ3n) is 8.98. The number of fused-ring (bicyclic) bond motifs is 6. The predicted octanol–water partition coefficient (Wildman–Crippen LogP) is 6.95. The van der Waals surface area contributed by atoms with Crippen LogP contribution in [0.3, 0.4) is 0 Å². The number of Topliss-reactive ketones (excluding diaryl/α,β-unsaturated/α-hetero) is 2. The van der Waals surface area contributed by atoms with E-state index in [-0.39, 0.29) is 17.5 Å². The van der Waals surface area contributed by atoms with E-state index in [1.54, 1.807) is 0 Å². The highest BCUT2D eigenvalue weighted by Gasteiger charge is 2.70. The Morgan fingerprint density at radius 2 is 1.68 bits per heavy atom. The largest absolute Gasteiger partial charge is 0.352 e. The molecule has 0 aliphatic carbocycles. The first kappa shape index (κ1) is 25.7. The van der Waals surface area contributed by atoms with Gasteiger partial charge < -0.3 is 10.2 Å². The molecular weight excluding hydrogens is 528 g/mol. The van der Waals surface area contributed by atoms with E-state index < -0.39 is 23.4 Å². The first-order valence-corrected chi connectivity index (χ1v) is 15.0. The number of carbonyl (C=O) groups excluding carboxylic acids is 3. The van der Waals surface area contributed by atoms with Crippen molar-refractivity contribution in [1.82, 2.24) is 0 Å². The van der Waals surface area contributed by atoms with Crippen LogP contribution in [0.15, 0.2) is 96.4 Å². The molecule has 1 amide bonds. The number of thiophene rings is 1. The van der Waals surface area contributed by atoms with Crippen molar-refractivity contribution in [2.24, 2.45) is 5.92 Å². The monoisotopic (exact) mass is 558 g/mol. The van der Waals surface area contributed by atoms with Gasteiger partial charge in [-0.3, -0.25) is 14.4 Å². The number of anilines is 2. The molecule has 3 aliphatic rings. The molecule has 1 fully saturated rings. The lowest BCUT2D eigenvalue weighted by Gasteiger charge is -2.39. The van der Waals surface area contributed by atoms with Crippen LogP contribution in [-0.2, 0) is 16.6 Å². The maximum Gasteiger partial charge on any atom is 0.238 e. The third-order valence-corrected chi connectivity index (χ3v) is 9.86. The van der Waals surface area contributed by atoms with E-state index in [0.717, 1.165) is 40.8 Å². The van der Waals surface area contributed by atoms with Gasteiger partial charge in [0.1, 0.15) is 11.5 Å². The highest BCUT2D eigenvalue weighted by atomic mass is 32.1. The van der Waals surface area contributed by atoms with Gasteiger partial charge in [-0.15, -0.1) is 11.3 Å². The molecule has 0 unspecified atom stereocenters. The minimum Gasteiger partial charge on any atom is -0.352 e. The van der Waals surface area contributed by atoms with Crippen LogP contribution in [0, 0.1) is 5.92 Å². The van der Waals surface area contributed by atoms with Crippen molar-refractivity contribution in [2.75, 3.05) is 10.2 Å². The molecule has 5 nitrogen and oxygen atoms in total. The van der Waals surface area contributed by atoms with Crippen LogP contribution >= 0.6 is 11.3 Å². The summed E-state index contributed by atoms with van der Waals surface area (Å²) in [5, 5.41) is 4.98. The first-order valence-electron chi connectivity index (χ1n) is 14.1. The predicted molar refractivity (Wildman–Crippen MR) is 164 cm³/mol. The summed E-state index contributed by atoms with van der Waals surface area (Å²) in [6, 6.07) is 25.6. The lowest BCUT2D eigenvalue weighted by molar-refractivity contribution is -0.121. The van der Waals surface area contributed by atoms with E-state index in [0.29, 0.717) is 16.1 Å². The number of aryl methyl sites for hydroxylation is 1. The van der Waals surface area contributed by atoms with Gasteiger partial charge in [-0.2, -0.15) is 0 Å². The van der Waals surface area contributed by atoms with E-state index in [2.05, 4.69) is 23.2 Å². The molecule has 4 atom stereocenters. The number of allylic oxidation sites excluding steroid dienone is 1. The van der Waals surface area contributed by atoms with Crippen molar-refractivity contribution >= 4 is 45.8 Å². The number of nitrogens with zero attached hydrogens (tertiary/aromatic N) is 1. The first-order chi connectivity index (χ1) is 20.0. The van der Waals surface area contributed by atoms with Crippen LogP contribution in [0.25, 0.3) is 5.57 Å². The summed E-state index contributed by atoms with van der Waals surface area (Å²) in [6.07, 6.45) is 4.03. The SMILES string of the molecule is CCCc1ccc(C(=O)[C@@H]2[C@H](C(=O)c3cccs3)N3c4ccccc4C(C)=C[C@H]3[C@@]23C(=O)Nc2ccccc23)cc1. The third kappa shape index (κ3) is 3.63. The second-order valence-electron chi connectivity index (χ2n) is 11.2. The van der Waals surface area contributed by atoms with Crippen LogP contribution in [0.4, 0.5) is 11.4 Å². The van der Waals surface area contributed by atoms with Gasteiger partial charge >= 0.3 is 0 Å². The quantitative estimate of drug-likeness (QED) is 0.260. The van der Waals surface area contributed by atoms with E-state index in [1.165, 1.54) is 11.3 Å². The fourth-order valence-corrected chi connectivity index (χ4v) is 7.95. The Kier molecular flexibility index (Phi) is 6.05. The number of hydrogen-bond acceptors (Lipinski definition) is 5. The number of ketones is 2. The number of para-hydroxylation sites is 2. The molecule has 6 heteroatoms. The van der Waals surface area contributed by atoms with Gasteiger partial charge in [0.2, 0.25) is 5.91 Å². The molecule has 41 heavy (non-hydrogen) atoms. The Hall–Kier alpha value is -4.29. The lowest BCUT2D eigenvalue weighted by atomic mass is 9.64. The van der Waals surface area contributed by atoms with Crippen molar-refractivity contribution in [1.29, 1.82) is 0 Å². The molecular formula is C35H30N2O3S. The van der Waals surface area contributed by atoms with Gasteiger partial charge in [-0.25, -0.2) is 0 Å². The zero-order valence-corrected chi connectivity index (χ0v) is 23.8. The summed E-state index contributed by atoms with van der Waals surface area (Å²) >= 11 is 1.37. The molecule has 0 radical (unpaired) electrons. The van der Waals surface area contributed by atoms with Crippen LogP contribution in [0.5, 0.6) is 0 Å². The second kappa shape index (κ2) is 9.67. The zero-order chi connectivity index (χ0) is 28.3. The molecule has 7 rings (SSSR count). The van der Waals surface area contributed by atoms with Crippen molar-refractivity contribution in [3.8, 4) is 0 Å². The van der Waals surface area contributed by atoms with E-state index in [4.69, 9.17) is 0 Å². The average Bonchev–Trinajstić information content (AvgIpc) is 3.70. The van der Waals surface area contributed by atoms with Gasteiger partial charge in [-0.1, -0.05) is 86.2 Å². The fourth-order valence-electron chi connectivity index (χ4n) is 7.26. The summed E-state index contributed by atoms with van der Waals surface area (Å²) in [6.45, 7) is 4.17. The maximum absolute atomic E-state index is 14.9. The normalized spacial score (nSPS) is 24.0. The minimum atomic E-state index is -1.29. The molecule has 4 aromatic rings. The van der Waals surface area contributed by atoms with Gasteiger partial charge in [0.15, 0.2) is 11.6 Å². The van der Waals surface area contributed by atoms with Crippen molar-refractivity contribution in [2.45, 2.75) is 44.2 Å². The second-order valence-corrected chi connectivity index (χ2v) is 12.1. The number of rotatable bonds is 6. The van der Waals surface area contributed by atoms with Gasteiger partial charge in [0.05, 0.1) is 16.8 Å². The number of benzene rings is 3. The van der Waals surface area contributed by atoms with E-state index >= 15 is 0 Å². The van der Waals surface area contributed by atoms with Crippen LogP contribution in [-0.4, -0.2) is 29.6 Å². The molecule has 3 aromatic carbocycles. The summed E-state index contributed by atoms with van der Waals surface area (Å²) < 4.78 is 0. The highest BCUT2D eigenvalue weighted by Crippen LogP contribution is 2.58. The number of carbonyl (C=O) groups is 3. The molecule has 1 saturated heterocycles. The smallest absolute Gasteiger partial charge is 0.238 e. The Morgan fingerprint density at radius 3 is 2.44 bits per heavy atom. The molecule has 1 N–H and O–H groups in total. The Labute approximate surface area is 243 Å². The summed E-state index contributed by atoms with van der Waals surface area (Å²) in [5.74, 6) is -1.51. The Bertz CT molecular complexity index is 1720. The molecule has 204 valence electrons. The molecule has 4 heterocycles. The number of amides is 1. The van der Waals surface area contributed by atoms with Crippen molar-refractivity contribution in [3.63, 3.8) is 0 Å². The Balaban J connectivity index is 1.52. The zero-order valence-electron chi connectivity index (χ0n) is 23.0. The van der Waals surface area contributed by atoms with E-state index in [1.807, 2.05) is 97.2 Å². The maximum atomic E-state index is 14.9. The van der Waals surface area contributed by atoms with Gasteiger partial charge in [-0.05, 0) is 53.6 Å².